The summed E-state index contributed by atoms with van der Waals surface area (Å²) >= 11 is 0. The summed E-state index contributed by atoms with van der Waals surface area (Å²) in [5.74, 6) is 0.396. The standard InChI is InChI=1S/C13H20N2O2S/c1-2-18(16,17)8-7-15-13-9-12(14)10-5-3-4-6-11(10)13/h3-6,12-13,15H,2,7-9,14H2,1H3. The van der Waals surface area contributed by atoms with E-state index in [-0.39, 0.29) is 23.6 Å². The Hall–Kier alpha value is -0.910. The van der Waals surface area contributed by atoms with Gasteiger partial charge in [-0.1, -0.05) is 31.2 Å². The van der Waals surface area contributed by atoms with E-state index in [0.29, 0.717) is 6.54 Å². The zero-order valence-electron chi connectivity index (χ0n) is 10.6. The predicted molar refractivity (Wildman–Crippen MR) is 73.1 cm³/mol. The minimum atomic E-state index is -2.90. The van der Waals surface area contributed by atoms with E-state index in [1.54, 1.807) is 6.92 Å². The van der Waals surface area contributed by atoms with Crippen molar-refractivity contribution in [1.29, 1.82) is 0 Å². The second kappa shape index (κ2) is 5.38. The zero-order chi connectivity index (χ0) is 13.2. The molecule has 4 nitrogen and oxygen atoms in total. The average molecular weight is 268 g/mol. The first-order chi connectivity index (χ1) is 8.53. The maximum Gasteiger partial charge on any atom is 0.151 e. The van der Waals surface area contributed by atoms with E-state index in [1.807, 2.05) is 18.2 Å². The molecule has 5 heteroatoms. The number of fused-ring (bicyclic) bond motifs is 1. The van der Waals surface area contributed by atoms with Crippen molar-refractivity contribution in [2.24, 2.45) is 5.73 Å². The van der Waals surface area contributed by atoms with Gasteiger partial charge in [0.1, 0.15) is 0 Å². The van der Waals surface area contributed by atoms with Gasteiger partial charge in [-0.05, 0) is 17.5 Å². The highest BCUT2D eigenvalue weighted by atomic mass is 32.2. The molecule has 1 aliphatic carbocycles. The fraction of sp³-hybridized carbons (Fsp3) is 0.538. The second-order valence-corrected chi connectivity index (χ2v) is 7.19. The van der Waals surface area contributed by atoms with Crippen LogP contribution in [0.4, 0.5) is 0 Å². The number of nitrogens with two attached hydrogens (primary N) is 1. The molecule has 0 fully saturated rings. The van der Waals surface area contributed by atoms with Crippen molar-refractivity contribution >= 4 is 9.84 Å². The Bertz CT molecular complexity index is 513. The molecule has 2 unspecified atom stereocenters. The van der Waals surface area contributed by atoms with Crippen LogP contribution in [-0.4, -0.2) is 26.5 Å². The summed E-state index contributed by atoms with van der Waals surface area (Å²) in [5.41, 5.74) is 8.44. The molecule has 100 valence electrons. The fourth-order valence-corrected chi connectivity index (χ4v) is 3.12. The molecule has 2 rings (SSSR count). The molecule has 0 amide bonds. The fourth-order valence-electron chi connectivity index (χ4n) is 2.40. The van der Waals surface area contributed by atoms with E-state index in [2.05, 4.69) is 11.4 Å². The van der Waals surface area contributed by atoms with E-state index in [0.717, 1.165) is 6.42 Å². The van der Waals surface area contributed by atoms with Crippen LogP contribution in [0.1, 0.15) is 36.6 Å². The molecule has 3 N–H and O–H groups in total. The predicted octanol–water partition coefficient (Wildman–Crippen LogP) is 1.16. The summed E-state index contributed by atoms with van der Waals surface area (Å²) in [6.07, 6.45) is 0.839. The molecular weight excluding hydrogens is 248 g/mol. The van der Waals surface area contributed by atoms with Crippen molar-refractivity contribution in [2.45, 2.75) is 25.4 Å². The highest BCUT2D eigenvalue weighted by molar-refractivity contribution is 7.91. The molecule has 0 aliphatic heterocycles. The van der Waals surface area contributed by atoms with E-state index in [9.17, 15) is 8.42 Å². The van der Waals surface area contributed by atoms with Gasteiger partial charge in [-0.15, -0.1) is 0 Å². The normalized spacial score (nSPS) is 23.0. The Morgan fingerprint density at radius 2 is 2.00 bits per heavy atom. The third kappa shape index (κ3) is 2.91. The van der Waals surface area contributed by atoms with Crippen LogP contribution in [0.25, 0.3) is 0 Å². The van der Waals surface area contributed by atoms with Gasteiger partial charge in [0.15, 0.2) is 9.84 Å². The summed E-state index contributed by atoms with van der Waals surface area (Å²) in [5, 5.41) is 3.30. The van der Waals surface area contributed by atoms with Crippen molar-refractivity contribution < 1.29 is 8.42 Å². The van der Waals surface area contributed by atoms with Gasteiger partial charge in [-0.3, -0.25) is 0 Å². The van der Waals surface area contributed by atoms with E-state index >= 15 is 0 Å². The highest BCUT2D eigenvalue weighted by Crippen LogP contribution is 2.36. The first-order valence-corrected chi connectivity index (χ1v) is 8.14. The smallest absolute Gasteiger partial charge is 0.151 e. The van der Waals surface area contributed by atoms with Crippen LogP contribution in [0.2, 0.25) is 0 Å². The zero-order valence-corrected chi connectivity index (χ0v) is 11.4. The number of hydrogen-bond acceptors (Lipinski definition) is 4. The lowest BCUT2D eigenvalue weighted by atomic mass is 10.1. The lowest BCUT2D eigenvalue weighted by molar-refractivity contribution is 0.510. The van der Waals surface area contributed by atoms with Crippen LogP contribution in [0, 0.1) is 0 Å². The van der Waals surface area contributed by atoms with Gasteiger partial charge in [0.25, 0.3) is 0 Å². The molecular formula is C13H20N2O2S. The van der Waals surface area contributed by atoms with E-state index < -0.39 is 9.84 Å². The summed E-state index contributed by atoms with van der Waals surface area (Å²) < 4.78 is 22.8. The molecule has 1 aliphatic rings. The third-order valence-electron chi connectivity index (χ3n) is 3.50. The van der Waals surface area contributed by atoms with E-state index in [4.69, 9.17) is 5.73 Å². The number of rotatable bonds is 5. The molecule has 1 aromatic carbocycles. The average Bonchev–Trinajstić information content (AvgIpc) is 2.67. The molecule has 18 heavy (non-hydrogen) atoms. The van der Waals surface area contributed by atoms with Crippen LogP contribution in [0.5, 0.6) is 0 Å². The van der Waals surface area contributed by atoms with Crippen LogP contribution in [0.15, 0.2) is 24.3 Å². The number of nitrogens with one attached hydrogen (secondary N) is 1. The van der Waals surface area contributed by atoms with Crippen LogP contribution in [-0.2, 0) is 9.84 Å². The van der Waals surface area contributed by atoms with Gasteiger partial charge in [0.2, 0.25) is 0 Å². The van der Waals surface area contributed by atoms with Crippen LogP contribution in [0.3, 0.4) is 0 Å². The van der Waals surface area contributed by atoms with Crippen LogP contribution >= 0.6 is 0 Å². The minimum Gasteiger partial charge on any atom is -0.324 e. The lowest BCUT2D eigenvalue weighted by Crippen LogP contribution is -2.27. The first-order valence-electron chi connectivity index (χ1n) is 6.31. The third-order valence-corrected chi connectivity index (χ3v) is 5.21. The minimum absolute atomic E-state index is 0.0569. The molecule has 2 atom stereocenters. The van der Waals surface area contributed by atoms with Crippen molar-refractivity contribution in [2.75, 3.05) is 18.1 Å². The Morgan fingerprint density at radius 1 is 1.33 bits per heavy atom. The topological polar surface area (TPSA) is 72.2 Å². The second-order valence-electron chi connectivity index (χ2n) is 4.71. The number of benzene rings is 1. The van der Waals surface area contributed by atoms with Gasteiger partial charge in [-0.2, -0.15) is 0 Å². The van der Waals surface area contributed by atoms with E-state index in [1.165, 1.54) is 11.1 Å². The highest BCUT2D eigenvalue weighted by Gasteiger charge is 2.27. The summed E-state index contributed by atoms with van der Waals surface area (Å²) in [6, 6.07) is 8.33. The number of sulfone groups is 1. The maximum atomic E-state index is 11.4. The molecule has 0 spiro atoms. The van der Waals surface area contributed by atoms with Crippen molar-refractivity contribution in [3.05, 3.63) is 35.4 Å². The van der Waals surface area contributed by atoms with Gasteiger partial charge >= 0.3 is 0 Å². The van der Waals surface area contributed by atoms with Gasteiger partial charge in [-0.25, -0.2) is 8.42 Å². The largest absolute Gasteiger partial charge is 0.324 e. The van der Waals surface area contributed by atoms with Crippen molar-refractivity contribution in [1.82, 2.24) is 5.32 Å². The Balaban J connectivity index is 1.97. The molecule has 0 aromatic heterocycles. The molecule has 0 saturated heterocycles. The Kier molecular flexibility index (Phi) is 4.04. The van der Waals surface area contributed by atoms with Crippen LogP contribution < -0.4 is 11.1 Å². The molecule has 1 aromatic rings. The lowest BCUT2D eigenvalue weighted by Gasteiger charge is -2.13. The van der Waals surface area contributed by atoms with Gasteiger partial charge in [0.05, 0.1) is 5.75 Å². The molecule has 0 bridgehead atoms. The summed E-state index contributed by atoms with van der Waals surface area (Å²) in [4.78, 5) is 0. The Morgan fingerprint density at radius 3 is 2.67 bits per heavy atom. The first kappa shape index (κ1) is 13.5. The van der Waals surface area contributed by atoms with Gasteiger partial charge < -0.3 is 11.1 Å². The summed E-state index contributed by atoms with van der Waals surface area (Å²) in [6.45, 7) is 2.16. The van der Waals surface area contributed by atoms with Crippen molar-refractivity contribution in [3.63, 3.8) is 0 Å². The number of hydrogen-bond donors (Lipinski definition) is 2. The Labute approximate surface area is 108 Å². The monoisotopic (exact) mass is 268 g/mol. The van der Waals surface area contributed by atoms with Gasteiger partial charge in [0, 0.05) is 24.4 Å². The SMILES string of the molecule is CCS(=O)(=O)CCNC1CC(N)c2ccccc21. The molecule has 0 saturated carbocycles. The molecule has 0 radical (unpaired) electrons. The molecule has 0 heterocycles. The quantitative estimate of drug-likeness (QED) is 0.840. The summed E-state index contributed by atoms with van der Waals surface area (Å²) in [7, 11) is -2.90. The maximum absolute atomic E-state index is 11.4. The van der Waals surface area contributed by atoms with Crippen molar-refractivity contribution in [3.8, 4) is 0 Å².